The summed E-state index contributed by atoms with van der Waals surface area (Å²) in [5.41, 5.74) is 0.588. The van der Waals surface area contributed by atoms with Crippen molar-refractivity contribution in [2.45, 2.75) is 16.5 Å². The van der Waals surface area contributed by atoms with Gasteiger partial charge in [-0.1, -0.05) is 41.9 Å². The molecule has 0 aliphatic rings. The second-order valence-corrected chi connectivity index (χ2v) is 9.74. The van der Waals surface area contributed by atoms with Gasteiger partial charge in [-0.15, -0.1) is 11.3 Å². The first-order valence-electron chi connectivity index (χ1n) is 8.95. The number of rotatable bonds is 6. The lowest BCUT2D eigenvalue weighted by molar-refractivity contribution is 0.0953. The van der Waals surface area contributed by atoms with E-state index in [1.54, 1.807) is 42.5 Å². The first-order chi connectivity index (χ1) is 14.4. The molecule has 4 aromatic rings. The molecule has 4 rings (SSSR count). The highest BCUT2D eigenvalue weighted by Crippen LogP contribution is 2.27. The van der Waals surface area contributed by atoms with Crippen LogP contribution in [0.2, 0.25) is 5.02 Å². The van der Waals surface area contributed by atoms with E-state index >= 15 is 0 Å². The van der Waals surface area contributed by atoms with Crippen LogP contribution in [0.5, 0.6) is 0 Å². The molecule has 0 bridgehead atoms. The fourth-order valence-corrected chi connectivity index (χ4v) is 4.98. The van der Waals surface area contributed by atoms with E-state index in [-0.39, 0.29) is 15.7 Å². The Balaban J connectivity index is 1.69. The third-order valence-electron chi connectivity index (χ3n) is 4.37. The predicted molar refractivity (Wildman–Crippen MR) is 117 cm³/mol. The summed E-state index contributed by atoms with van der Waals surface area (Å²) < 4.78 is 31.1. The minimum Gasteiger partial charge on any atom is -0.439 e. The molecule has 0 unspecified atom stereocenters. The number of benzene rings is 2. The number of nitrogens with zero attached hydrogens (tertiary/aromatic N) is 1. The standard InChI is InChI=1S/C22H16ClNO4S2/c23-16-6-4-7-17(14-16)24(15-18-8-5-13-29-18)22(25)20-11-12-21(28-20)30(26,27)19-9-2-1-3-10-19/h1-14H,15H2. The van der Waals surface area contributed by atoms with Crippen LogP contribution < -0.4 is 4.90 Å². The number of furan rings is 1. The zero-order valence-electron chi connectivity index (χ0n) is 15.6. The summed E-state index contributed by atoms with van der Waals surface area (Å²) in [7, 11) is -3.86. The largest absolute Gasteiger partial charge is 0.439 e. The molecule has 0 N–H and O–H groups in total. The van der Waals surface area contributed by atoms with E-state index in [0.717, 1.165) is 4.88 Å². The summed E-state index contributed by atoms with van der Waals surface area (Å²) in [6.07, 6.45) is 0. The molecule has 2 aromatic carbocycles. The maximum absolute atomic E-state index is 13.3. The lowest BCUT2D eigenvalue weighted by Gasteiger charge is -2.21. The molecule has 0 saturated carbocycles. The number of carbonyl (C=O) groups excluding carboxylic acids is 1. The molecular weight excluding hydrogens is 442 g/mol. The maximum atomic E-state index is 13.3. The number of sulfone groups is 1. The summed E-state index contributed by atoms with van der Waals surface area (Å²) in [6.45, 7) is 0.304. The third-order valence-corrected chi connectivity index (χ3v) is 7.11. The molecule has 0 fully saturated rings. The van der Waals surface area contributed by atoms with E-state index in [0.29, 0.717) is 17.3 Å². The first-order valence-corrected chi connectivity index (χ1v) is 11.7. The van der Waals surface area contributed by atoms with Crippen molar-refractivity contribution < 1.29 is 17.6 Å². The monoisotopic (exact) mass is 457 g/mol. The van der Waals surface area contributed by atoms with Gasteiger partial charge >= 0.3 is 0 Å². The molecule has 0 atom stereocenters. The average molecular weight is 458 g/mol. The highest BCUT2D eigenvalue weighted by atomic mass is 35.5. The van der Waals surface area contributed by atoms with E-state index < -0.39 is 15.7 Å². The van der Waals surface area contributed by atoms with E-state index in [9.17, 15) is 13.2 Å². The molecule has 2 heterocycles. The molecule has 2 aromatic heterocycles. The smallest absolute Gasteiger partial charge is 0.294 e. The number of anilines is 1. The number of amides is 1. The molecule has 1 amide bonds. The zero-order chi connectivity index (χ0) is 21.1. The molecule has 152 valence electrons. The van der Waals surface area contributed by atoms with Crippen LogP contribution in [0.4, 0.5) is 5.69 Å². The zero-order valence-corrected chi connectivity index (χ0v) is 18.0. The fourth-order valence-electron chi connectivity index (χ4n) is 2.91. The summed E-state index contributed by atoms with van der Waals surface area (Å²) in [5.74, 6) is -0.527. The second kappa shape index (κ2) is 8.47. The number of thiophene rings is 1. The van der Waals surface area contributed by atoms with Gasteiger partial charge in [0.25, 0.3) is 5.91 Å². The van der Waals surface area contributed by atoms with Crippen LogP contribution in [0.25, 0.3) is 0 Å². The molecule has 0 aliphatic heterocycles. The Hall–Kier alpha value is -2.87. The molecule has 0 radical (unpaired) electrons. The summed E-state index contributed by atoms with van der Waals surface area (Å²) in [4.78, 5) is 15.8. The molecule has 0 spiro atoms. The second-order valence-electron chi connectivity index (χ2n) is 6.39. The highest BCUT2D eigenvalue weighted by Gasteiger charge is 2.26. The summed E-state index contributed by atoms with van der Waals surface area (Å²) in [6, 6.07) is 21.4. The lowest BCUT2D eigenvalue weighted by atomic mass is 10.2. The molecule has 30 heavy (non-hydrogen) atoms. The van der Waals surface area contributed by atoms with E-state index in [2.05, 4.69) is 0 Å². The van der Waals surface area contributed by atoms with Crippen LogP contribution in [-0.4, -0.2) is 14.3 Å². The van der Waals surface area contributed by atoms with Crippen molar-refractivity contribution in [3.8, 4) is 0 Å². The average Bonchev–Trinajstić information content (AvgIpc) is 3.45. The van der Waals surface area contributed by atoms with Gasteiger partial charge in [0.15, 0.2) is 5.76 Å². The number of hydrogen-bond acceptors (Lipinski definition) is 5. The SMILES string of the molecule is O=C(c1ccc(S(=O)(=O)c2ccccc2)o1)N(Cc1cccs1)c1cccc(Cl)c1. The molecule has 0 aliphatic carbocycles. The highest BCUT2D eigenvalue weighted by molar-refractivity contribution is 7.91. The maximum Gasteiger partial charge on any atom is 0.294 e. The molecular formula is C22H16ClNO4S2. The Morgan fingerprint density at radius 3 is 2.47 bits per heavy atom. The van der Waals surface area contributed by atoms with Crippen LogP contribution in [0.3, 0.4) is 0 Å². The molecule has 8 heteroatoms. The Morgan fingerprint density at radius 2 is 1.77 bits per heavy atom. The van der Waals surface area contributed by atoms with Crippen molar-refractivity contribution >= 4 is 44.4 Å². The van der Waals surface area contributed by atoms with Gasteiger partial charge in [0.1, 0.15) is 0 Å². The Labute approximate surface area is 183 Å². The number of halogens is 1. The van der Waals surface area contributed by atoms with Gasteiger partial charge < -0.3 is 9.32 Å². The topological polar surface area (TPSA) is 67.6 Å². The van der Waals surface area contributed by atoms with E-state index in [4.69, 9.17) is 16.0 Å². The van der Waals surface area contributed by atoms with Gasteiger partial charge in [-0.05, 0) is 53.9 Å². The van der Waals surface area contributed by atoms with Gasteiger partial charge in [-0.3, -0.25) is 4.79 Å². The van der Waals surface area contributed by atoms with Gasteiger partial charge in [-0.25, -0.2) is 8.42 Å². The van der Waals surface area contributed by atoms with Crippen molar-refractivity contribution in [3.05, 3.63) is 99.9 Å². The van der Waals surface area contributed by atoms with Crippen molar-refractivity contribution in [2.24, 2.45) is 0 Å². The Morgan fingerprint density at radius 1 is 0.967 bits per heavy atom. The van der Waals surface area contributed by atoms with Crippen molar-refractivity contribution in [3.63, 3.8) is 0 Å². The minimum atomic E-state index is -3.86. The van der Waals surface area contributed by atoms with Crippen molar-refractivity contribution in [1.82, 2.24) is 0 Å². The minimum absolute atomic E-state index is 0.0685. The quantitative estimate of drug-likeness (QED) is 0.374. The van der Waals surface area contributed by atoms with Crippen LogP contribution in [0, 0.1) is 0 Å². The van der Waals surface area contributed by atoms with Crippen LogP contribution in [0.15, 0.2) is 98.6 Å². The third kappa shape index (κ3) is 4.18. The Bertz CT molecular complexity index is 1270. The fraction of sp³-hybridized carbons (Fsp3) is 0.0455. The van der Waals surface area contributed by atoms with Crippen molar-refractivity contribution in [1.29, 1.82) is 0 Å². The number of carbonyl (C=O) groups is 1. The molecule has 0 saturated heterocycles. The first kappa shape index (κ1) is 20.4. The van der Waals surface area contributed by atoms with Crippen LogP contribution in [0.1, 0.15) is 15.4 Å². The summed E-state index contributed by atoms with van der Waals surface area (Å²) >= 11 is 7.63. The summed E-state index contributed by atoms with van der Waals surface area (Å²) in [5, 5.41) is 2.13. The Kier molecular flexibility index (Phi) is 5.76. The normalized spacial score (nSPS) is 11.4. The van der Waals surface area contributed by atoms with Crippen molar-refractivity contribution in [2.75, 3.05) is 4.90 Å². The van der Waals surface area contributed by atoms with Gasteiger partial charge in [0.2, 0.25) is 14.9 Å². The van der Waals surface area contributed by atoms with Gasteiger partial charge in [0.05, 0.1) is 11.4 Å². The van der Waals surface area contributed by atoms with Crippen LogP contribution >= 0.6 is 22.9 Å². The predicted octanol–water partition coefficient (Wildman–Crippen LogP) is 5.67. The van der Waals surface area contributed by atoms with E-state index in [1.165, 1.54) is 40.5 Å². The molecule has 5 nitrogen and oxygen atoms in total. The number of hydrogen-bond donors (Lipinski definition) is 0. The van der Waals surface area contributed by atoms with E-state index in [1.807, 2.05) is 17.5 Å². The lowest BCUT2D eigenvalue weighted by Crippen LogP contribution is -2.29. The van der Waals surface area contributed by atoms with Gasteiger partial charge in [-0.2, -0.15) is 0 Å². The van der Waals surface area contributed by atoms with Gasteiger partial charge in [0, 0.05) is 15.6 Å². The van der Waals surface area contributed by atoms with Crippen LogP contribution in [-0.2, 0) is 16.4 Å².